The number of nitrogens with zero attached hydrogens (tertiary/aromatic N) is 2. The Morgan fingerprint density at radius 1 is 1.47 bits per heavy atom. The molecule has 6 heteroatoms. The first-order valence-corrected chi connectivity index (χ1v) is 7.86. The van der Waals surface area contributed by atoms with Crippen molar-refractivity contribution in [2.45, 2.75) is 32.6 Å². The van der Waals surface area contributed by atoms with E-state index in [-0.39, 0.29) is 5.92 Å². The van der Waals surface area contributed by atoms with E-state index in [1.54, 1.807) is 4.31 Å². The quantitative estimate of drug-likeness (QED) is 0.611. The Labute approximate surface area is 103 Å². The second-order valence-corrected chi connectivity index (χ2v) is 7.04. The average molecular weight is 260 g/mol. The van der Waals surface area contributed by atoms with Gasteiger partial charge in [-0.1, -0.05) is 12.1 Å². The Bertz CT molecular complexity index is 401. The first-order valence-electron chi connectivity index (χ1n) is 6.25. The lowest BCUT2D eigenvalue weighted by Gasteiger charge is -2.32. The first-order chi connectivity index (χ1) is 8.06. The van der Waals surface area contributed by atoms with Crippen LogP contribution in [0.5, 0.6) is 0 Å². The third kappa shape index (κ3) is 2.98. The van der Waals surface area contributed by atoms with Gasteiger partial charge in [-0.15, -0.1) is 0 Å². The molecule has 0 aromatic carbocycles. The molecule has 1 atom stereocenters. The molecule has 2 fully saturated rings. The van der Waals surface area contributed by atoms with Gasteiger partial charge in [-0.05, 0) is 25.2 Å². The van der Waals surface area contributed by atoms with Gasteiger partial charge in [0.25, 0.3) is 0 Å². The molecule has 1 unspecified atom stereocenters. The molecule has 1 N–H and O–H groups in total. The third-order valence-corrected chi connectivity index (χ3v) is 5.68. The summed E-state index contributed by atoms with van der Waals surface area (Å²) in [6.07, 6.45) is 3.47. The van der Waals surface area contributed by atoms with Gasteiger partial charge in [-0.3, -0.25) is 0 Å². The number of hydrogen-bond acceptors (Lipinski definition) is 4. The monoisotopic (exact) mass is 260 g/mol. The van der Waals surface area contributed by atoms with Crippen LogP contribution in [0.3, 0.4) is 0 Å². The highest BCUT2D eigenvalue weighted by atomic mass is 32.2. The molecule has 98 valence electrons. The van der Waals surface area contributed by atoms with E-state index in [0.717, 1.165) is 25.0 Å². The van der Waals surface area contributed by atoms with Crippen LogP contribution in [0.2, 0.25) is 0 Å². The standard InChI is InChI=1S/C11H20N2O3S/c1-2-10-7-13(6-5-11(10)12-14)17(15,16)8-9-3-4-9/h9-10,14H,2-8H2,1H3. The van der Waals surface area contributed by atoms with Crippen molar-refractivity contribution in [2.75, 3.05) is 18.8 Å². The minimum Gasteiger partial charge on any atom is -0.411 e. The molecular formula is C11H20N2O3S. The van der Waals surface area contributed by atoms with E-state index in [1.807, 2.05) is 6.92 Å². The lowest BCUT2D eigenvalue weighted by molar-refractivity contribution is 0.295. The summed E-state index contributed by atoms with van der Waals surface area (Å²) in [6, 6.07) is 0. The topological polar surface area (TPSA) is 70.0 Å². The van der Waals surface area contributed by atoms with Crippen LogP contribution in [0, 0.1) is 11.8 Å². The van der Waals surface area contributed by atoms with E-state index in [2.05, 4.69) is 5.16 Å². The van der Waals surface area contributed by atoms with E-state index >= 15 is 0 Å². The van der Waals surface area contributed by atoms with Crippen LogP contribution >= 0.6 is 0 Å². The van der Waals surface area contributed by atoms with Gasteiger partial charge in [0.05, 0.1) is 11.5 Å². The second-order valence-electron chi connectivity index (χ2n) is 5.03. The van der Waals surface area contributed by atoms with Crippen molar-refractivity contribution in [3.8, 4) is 0 Å². The molecule has 2 aliphatic rings. The second kappa shape index (κ2) is 4.94. The number of hydrogen-bond donors (Lipinski definition) is 1. The van der Waals surface area contributed by atoms with Crippen LogP contribution in [0.1, 0.15) is 32.6 Å². The number of piperidine rings is 1. The van der Waals surface area contributed by atoms with Gasteiger partial charge in [-0.25, -0.2) is 12.7 Å². The molecule has 1 aliphatic heterocycles. The zero-order chi connectivity index (χ0) is 12.5. The zero-order valence-corrected chi connectivity index (χ0v) is 11.0. The highest BCUT2D eigenvalue weighted by Gasteiger charge is 2.35. The Kier molecular flexibility index (Phi) is 3.73. The Hall–Kier alpha value is -0.620. The maximum Gasteiger partial charge on any atom is 0.214 e. The summed E-state index contributed by atoms with van der Waals surface area (Å²) >= 11 is 0. The summed E-state index contributed by atoms with van der Waals surface area (Å²) in [4.78, 5) is 0. The summed E-state index contributed by atoms with van der Waals surface area (Å²) in [7, 11) is -3.10. The van der Waals surface area contributed by atoms with Crippen molar-refractivity contribution in [3.05, 3.63) is 0 Å². The summed E-state index contributed by atoms with van der Waals surface area (Å²) in [5.74, 6) is 0.755. The van der Waals surface area contributed by atoms with Crippen LogP contribution in [0.4, 0.5) is 0 Å². The average Bonchev–Trinajstić information content (AvgIpc) is 3.11. The lowest BCUT2D eigenvalue weighted by atomic mass is 9.95. The fraction of sp³-hybridized carbons (Fsp3) is 0.909. The van der Waals surface area contributed by atoms with Crippen molar-refractivity contribution in [3.63, 3.8) is 0 Å². The molecule has 0 amide bonds. The van der Waals surface area contributed by atoms with Gasteiger partial charge in [-0.2, -0.15) is 0 Å². The summed E-state index contributed by atoms with van der Waals surface area (Å²) in [5.41, 5.74) is 0.741. The summed E-state index contributed by atoms with van der Waals surface area (Å²) < 4.78 is 25.8. The van der Waals surface area contributed by atoms with Crippen molar-refractivity contribution >= 4 is 15.7 Å². The van der Waals surface area contributed by atoms with Crippen molar-refractivity contribution < 1.29 is 13.6 Å². The SMILES string of the molecule is CCC1CN(S(=O)(=O)CC2CC2)CCC1=NO. The maximum atomic E-state index is 12.1. The van der Waals surface area contributed by atoms with E-state index < -0.39 is 10.0 Å². The van der Waals surface area contributed by atoms with Gasteiger partial charge in [0.15, 0.2) is 0 Å². The number of rotatable bonds is 4. The van der Waals surface area contributed by atoms with Crippen LogP contribution < -0.4 is 0 Å². The maximum absolute atomic E-state index is 12.1. The predicted molar refractivity (Wildman–Crippen MR) is 65.7 cm³/mol. The molecule has 0 bridgehead atoms. The van der Waals surface area contributed by atoms with Crippen molar-refractivity contribution in [1.29, 1.82) is 0 Å². The fourth-order valence-electron chi connectivity index (χ4n) is 2.32. The van der Waals surface area contributed by atoms with Gasteiger partial charge < -0.3 is 5.21 Å². The van der Waals surface area contributed by atoms with E-state index in [0.29, 0.717) is 31.2 Å². The Balaban J connectivity index is 2.03. The highest BCUT2D eigenvalue weighted by Crippen LogP contribution is 2.32. The lowest BCUT2D eigenvalue weighted by Crippen LogP contribution is -2.45. The Morgan fingerprint density at radius 2 is 2.18 bits per heavy atom. The van der Waals surface area contributed by atoms with Crippen LogP contribution in [-0.2, 0) is 10.0 Å². The van der Waals surface area contributed by atoms with Gasteiger partial charge >= 0.3 is 0 Å². The van der Waals surface area contributed by atoms with Gasteiger partial charge in [0.2, 0.25) is 10.0 Å². The molecule has 0 spiro atoms. The van der Waals surface area contributed by atoms with E-state index in [4.69, 9.17) is 5.21 Å². The van der Waals surface area contributed by atoms with Gasteiger partial charge in [0.1, 0.15) is 0 Å². The molecular weight excluding hydrogens is 240 g/mol. The summed E-state index contributed by atoms with van der Waals surface area (Å²) in [5, 5.41) is 12.1. The molecule has 0 aromatic heterocycles. The minimum atomic E-state index is -3.10. The first kappa shape index (κ1) is 12.8. The van der Waals surface area contributed by atoms with Crippen molar-refractivity contribution in [2.24, 2.45) is 17.0 Å². The van der Waals surface area contributed by atoms with E-state index in [1.165, 1.54) is 0 Å². The van der Waals surface area contributed by atoms with E-state index in [9.17, 15) is 8.42 Å². The van der Waals surface area contributed by atoms with Crippen LogP contribution in [0.15, 0.2) is 5.16 Å². The smallest absolute Gasteiger partial charge is 0.214 e. The highest BCUT2D eigenvalue weighted by molar-refractivity contribution is 7.89. The molecule has 1 heterocycles. The number of oxime groups is 1. The van der Waals surface area contributed by atoms with Crippen LogP contribution in [-0.4, -0.2) is 42.5 Å². The summed E-state index contributed by atoms with van der Waals surface area (Å²) in [6.45, 7) is 2.93. The normalized spacial score (nSPS) is 29.7. The molecule has 17 heavy (non-hydrogen) atoms. The molecule has 1 saturated carbocycles. The third-order valence-electron chi connectivity index (χ3n) is 3.67. The molecule has 0 aromatic rings. The largest absolute Gasteiger partial charge is 0.411 e. The predicted octanol–water partition coefficient (Wildman–Crippen LogP) is 1.29. The molecule has 5 nitrogen and oxygen atoms in total. The molecule has 0 radical (unpaired) electrons. The molecule has 1 saturated heterocycles. The fourth-order valence-corrected chi connectivity index (χ4v) is 4.24. The Morgan fingerprint density at radius 3 is 2.71 bits per heavy atom. The molecule has 2 rings (SSSR count). The minimum absolute atomic E-state index is 0.0720. The zero-order valence-electron chi connectivity index (χ0n) is 10.2. The number of sulfonamides is 1. The molecule has 1 aliphatic carbocycles. The van der Waals surface area contributed by atoms with Gasteiger partial charge in [0, 0.05) is 25.4 Å². The van der Waals surface area contributed by atoms with Crippen molar-refractivity contribution in [1.82, 2.24) is 4.31 Å². The van der Waals surface area contributed by atoms with Crippen LogP contribution in [0.25, 0.3) is 0 Å².